The molecule has 2 atom stereocenters. The summed E-state index contributed by atoms with van der Waals surface area (Å²) in [7, 11) is 0. The molecule has 0 aliphatic carbocycles. The van der Waals surface area contributed by atoms with E-state index in [1.54, 1.807) is 48.8 Å². The van der Waals surface area contributed by atoms with E-state index in [9.17, 15) is 24.6 Å². The SMILES string of the molecule is CCCCCC(=O)N[C@@H](Cc1c[nH]c2ccc(O)cc12)C(=O)NC(=O)[C@@H](N)Cc1c[nH]c2ccc(O)cc12. The summed E-state index contributed by atoms with van der Waals surface area (Å²) < 4.78 is 0. The van der Waals surface area contributed by atoms with Gasteiger partial charge in [-0.3, -0.25) is 19.7 Å². The second-order valence-electron chi connectivity index (χ2n) is 9.53. The lowest BCUT2D eigenvalue weighted by molar-refractivity contribution is -0.134. The maximum absolute atomic E-state index is 13.2. The molecule has 0 aliphatic rings. The van der Waals surface area contributed by atoms with Crippen LogP contribution in [0, 0.1) is 0 Å². The van der Waals surface area contributed by atoms with Crippen molar-refractivity contribution < 1.29 is 24.6 Å². The number of aromatic nitrogens is 2. The third-order valence-electron chi connectivity index (χ3n) is 6.61. The van der Waals surface area contributed by atoms with Crippen molar-refractivity contribution in [1.82, 2.24) is 20.6 Å². The van der Waals surface area contributed by atoms with Gasteiger partial charge >= 0.3 is 0 Å². The molecule has 3 amide bonds. The monoisotopic (exact) mass is 519 g/mol. The second-order valence-corrected chi connectivity index (χ2v) is 9.53. The Bertz CT molecular complexity index is 1460. The highest BCUT2D eigenvalue weighted by Gasteiger charge is 2.26. The Kier molecular flexibility index (Phi) is 8.32. The summed E-state index contributed by atoms with van der Waals surface area (Å²) in [4.78, 5) is 44.8. The number of H-pyrrole nitrogens is 2. The Labute approximate surface area is 219 Å². The normalized spacial score (nSPS) is 12.9. The number of unbranched alkanes of at least 4 members (excludes halogenated alkanes) is 2. The van der Waals surface area contributed by atoms with E-state index in [1.807, 2.05) is 6.92 Å². The number of nitrogens with two attached hydrogens (primary N) is 1. The zero-order chi connectivity index (χ0) is 27.2. The first-order valence-corrected chi connectivity index (χ1v) is 12.7. The van der Waals surface area contributed by atoms with Crippen LogP contribution in [0.25, 0.3) is 21.8 Å². The summed E-state index contributed by atoms with van der Waals surface area (Å²) >= 11 is 0. The van der Waals surface area contributed by atoms with Crippen molar-refractivity contribution in [3.05, 3.63) is 59.9 Å². The number of phenolic OH excluding ortho intramolecular Hbond substituents is 2. The first kappa shape index (κ1) is 26.7. The van der Waals surface area contributed by atoms with E-state index < -0.39 is 23.9 Å². The van der Waals surface area contributed by atoms with Gasteiger partial charge in [0.15, 0.2) is 0 Å². The minimum absolute atomic E-state index is 0.0784. The van der Waals surface area contributed by atoms with E-state index in [-0.39, 0.29) is 36.7 Å². The van der Waals surface area contributed by atoms with Crippen LogP contribution in [-0.2, 0) is 27.2 Å². The summed E-state index contributed by atoms with van der Waals surface area (Å²) in [5.74, 6) is -1.45. The van der Waals surface area contributed by atoms with Crippen LogP contribution in [0.5, 0.6) is 11.5 Å². The molecule has 0 bridgehead atoms. The van der Waals surface area contributed by atoms with Crippen molar-refractivity contribution in [2.45, 2.75) is 57.5 Å². The molecule has 10 heteroatoms. The van der Waals surface area contributed by atoms with Crippen LogP contribution in [-0.4, -0.2) is 50.0 Å². The van der Waals surface area contributed by atoms with Gasteiger partial charge in [-0.1, -0.05) is 19.8 Å². The average Bonchev–Trinajstić information content (AvgIpc) is 3.47. The Balaban J connectivity index is 1.47. The summed E-state index contributed by atoms with van der Waals surface area (Å²) in [6, 6.07) is 7.66. The number of carbonyl (C=O) groups excluding carboxylic acids is 3. The fourth-order valence-electron chi connectivity index (χ4n) is 4.53. The van der Waals surface area contributed by atoms with Crippen molar-refractivity contribution >= 4 is 39.5 Å². The summed E-state index contributed by atoms with van der Waals surface area (Å²) in [6.45, 7) is 2.04. The quantitative estimate of drug-likeness (QED) is 0.150. The number of rotatable bonds is 11. The smallest absolute Gasteiger partial charge is 0.249 e. The lowest BCUT2D eigenvalue weighted by atomic mass is 10.0. The summed E-state index contributed by atoms with van der Waals surface area (Å²) in [5, 5.41) is 26.3. The van der Waals surface area contributed by atoms with Gasteiger partial charge in [0.2, 0.25) is 17.7 Å². The molecule has 0 saturated carbocycles. The number of phenols is 2. The summed E-state index contributed by atoms with van der Waals surface area (Å²) in [6.07, 6.45) is 6.49. The zero-order valence-corrected chi connectivity index (χ0v) is 21.2. The van der Waals surface area contributed by atoms with Gasteiger partial charge in [0.25, 0.3) is 0 Å². The maximum Gasteiger partial charge on any atom is 0.249 e. The Morgan fingerprint density at radius 3 is 2.03 bits per heavy atom. The molecule has 0 unspecified atom stereocenters. The molecule has 0 fully saturated rings. The van der Waals surface area contributed by atoms with E-state index in [0.717, 1.165) is 34.8 Å². The third kappa shape index (κ3) is 6.33. The predicted octanol–water partition coefficient (Wildman–Crippen LogP) is 2.88. The van der Waals surface area contributed by atoms with Gasteiger partial charge in [-0.25, -0.2) is 0 Å². The molecule has 4 rings (SSSR count). The fourth-order valence-corrected chi connectivity index (χ4v) is 4.53. The number of aromatic hydroxyl groups is 2. The summed E-state index contributed by atoms with van der Waals surface area (Å²) in [5.41, 5.74) is 9.13. The van der Waals surface area contributed by atoms with Crippen molar-refractivity contribution in [1.29, 1.82) is 0 Å². The van der Waals surface area contributed by atoms with Crippen molar-refractivity contribution in [2.75, 3.05) is 0 Å². The number of hydrogen-bond acceptors (Lipinski definition) is 6. The largest absolute Gasteiger partial charge is 0.508 e. The van der Waals surface area contributed by atoms with Crippen LogP contribution in [0.3, 0.4) is 0 Å². The van der Waals surface area contributed by atoms with Gasteiger partial charge in [0.1, 0.15) is 17.5 Å². The molecule has 2 aromatic heterocycles. The van der Waals surface area contributed by atoms with Crippen LogP contribution in [0.4, 0.5) is 0 Å². The highest BCUT2D eigenvalue weighted by molar-refractivity contribution is 6.01. The molecule has 0 saturated heterocycles. The van der Waals surface area contributed by atoms with E-state index in [0.29, 0.717) is 17.4 Å². The molecule has 200 valence electrons. The minimum Gasteiger partial charge on any atom is -0.508 e. The zero-order valence-electron chi connectivity index (χ0n) is 21.2. The van der Waals surface area contributed by atoms with E-state index in [2.05, 4.69) is 20.6 Å². The van der Waals surface area contributed by atoms with Gasteiger partial charge in [0.05, 0.1) is 6.04 Å². The van der Waals surface area contributed by atoms with Crippen LogP contribution < -0.4 is 16.4 Å². The predicted molar refractivity (Wildman–Crippen MR) is 145 cm³/mol. The number of carbonyl (C=O) groups is 3. The number of aromatic amines is 2. The third-order valence-corrected chi connectivity index (χ3v) is 6.61. The van der Waals surface area contributed by atoms with E-state index in [4.69, 9.17) is 5.73 Å². The fraction of sp³-hybridized carbons (Fsp3) is 0.321. The van der Waals surface area contributed by atoms with E-state index in [1.165, 1.54) is 0 Å². The number of nitrogens with one attached hydrogen (secondary N) is 4. The van der Waals surface area contributed by atoms with E-state index >= 15 is 0 Å². The van der Waals surface area contributed by atoms with Crippen LogP contribution >= 0.6 is 0 Å². The van der Waals surface area contributed by atoms with Crippen molar-refractivity contribution in [3.8, 4) is 11.5 Å². The highest BCUT2D eigenvalue weighted by atomic mass is 16.3. The Morgan fingerprint density at radius 2 is 1.45 bits per heavy atom. The molecule has 10 nitrogen and oxygen atoms in total. The van der Waals surface area contributed by atoms with Gasteiger partial charge in [-0.2, -0.15) is 0 Å². The van der Waals surface area contributed by atoms with Crippen molar-refractivity contribution in [2.24, 2.45) is 5.73 Å². The first-order valence-electron chi connectivity index (χ1n) is 12.7. The van der Waals surface area contributed by atoms with Crippen LogP contribution in [0.2, 0.25) is 0 Å². The molecule has 2 heterocycles. The van der Waals surface area contributed by atoms with Crippen molar-refractivity contribution in [3.63, 3.8) is 0 Å². The lowest BCUT2D eigenvalue weighted by Crippen LogP contribution is -2.53. The van der Waals surface area contributed by atoms with Gasteiger partial charge in [-0.05, 0) is 60.4 Å². The molecular weight excluding hydrogens is 486 g/mol. The molecular formula is C28H33N5O5. The van der Waals surface area contributed by atoms with Gasteiger partial charge < -0.3 is 31.2 Å². The molecule has 4 aromatic rings. The average molecular weight is 520 g/mol. The molecule has 8 N–H and O–H groups in total. The number of imide groups is 1. The number of benzene rings is 2. The first-order chi connectivity index (χ1) is 18.2. The lowest BCUT2D eigenvalue weighted by Gasteiger charge is -2.19. The Hall–Kier alpha value is -4.31. The van der Waals surface area contributed by atoms with Gasteiger partial charge in [0, 0.05) is 47.0 Å². The van der Waals surface area contributed by atoms with Crippen LogP contribution in [0.15, 0.2) is 48.8 Å². The maximum atomic E-state index is 13.2. The highest BCUT2D eigenvalue weighted by Crippen LogP contribution is 2.25. The number of amides is 3. The molecule has 0 radical (unpaired) electrons. The standard InChI is InChI=1S/C28H33N5O5/c1-2-3-4-5-26(36)32-25(11-17-15-31-24-9-7-19(35)13-21(17)24)28(38)33-27(37)22(29)10-16-14-30-23-8-6-18(34)12-20(16)23/h6-9,12-15,22,25,30-31,34-35H,2-5,10-11,29H2,1H3,(H,32,36)(H,33,37,38)/t22-,25-/m0/s1. The molecule has 38 heavy (non-hydrogen) atoms. The Morgan fingerprint density at radius 1 is 0.868 bits per heavy atom. The second kappa shape index (κ2) is 11.8. The minimum atomic E-state index is -1.04. The molecule has 0 spiro atoms. The topological polar surface area (TPSA) is 173 Å². The molecule has 0 aliphatic heterocycles. The molecule has 2 aromatic carbocycles. The number of hydrogen-bond donors (Lipinski definition) is 7. The van der Waals surface area contributed by atoms with Crippen LogP contribution in [0.1, 0.15) is 43.7 Å². The van der Waals surface area contributed by atoms with Gasteiger partial charge in [-0.15, -0.1) is 0 Å². The number of fused-ring (bicyclic) bond motifs is 2.